The highest BCUT2D eigenvalue weighted by Crippen LogP contribution is 2.31. The monoisotopic (exact) mass is 341 g/mol. The molecule has 1 heterocycles. The maximum absolute atomic E-state index is 13.8. The van der Waals surface area contributed by atoms with E-state index in [1.54, 1.807) is 6.07 Å². The fraction of sp³-hybridized carbons (Fsp3) is 0. The van der Waals surface area contributed by atoms with Gasteiger partial charge in [0.2, 0.25) is 17.5 Å². The number of benzene rings is 2. The second kappa shape index (κ2) is 6.41. The maximum atomic E-state index is 13.8. The Bertz CT molecular complexity index is 971. The number of rotatable bonds is 4. The van der Waals surface area contributed by atoms with Crippen molar-refractivity contribution in [1.82, 2.24) is 4.98 Å². The van der Waals surface area contributed by atoms with Crippen LogP contribution in [0.1, 0.15) is 16.1 Å². The third kappa shape index (κ3) is 3.16. The van der Waals surface area contributed by atoms with Gasteiger partial charge in [0.15, 0.2) is 0 Å². The topological polar surface area (TPSA) is 99.2 Å². The van der Waals surface area contributed by atoms with Gasteiger partial charge >= 0.3 is 5.97 Å². The minimum atomic E-state index is -1.08. The summed E-state index contributed by atoms with van der Waals surface area (Å²) in [7, 11) is 0. The number of carboxylic acid groups (broad SMARTS) is 1. The Kier molecular flexibility index (Phi) is 4.14. The van der Waals surface area contributed by atoms with E-state index >= 15 is 0 Å². The largest absolute Gasteiger partial charge is 0.478 e. The zero-order valence-electron chi connectivity index (χ0n) is 12.5. The van der Waals surface area contributed by atoms with Crippen LogP contribution in [-0.4, -0.2) is 16.1 Å². The zero-order valence-corrected chi connectivity index (χ0v) is 12.5. The van der Waals surface area contributed by atoms with Crippen LogP contribution >= 0.6 is 0 Å². The van der Waals surface area contributed by atoms with Gasteiger partial charge in [-0.05, 0) is 36.4 Å². The lowest BCUT2D eigenvalue weighted by molar-refractivity contribution is 0.0697. The SMILES string of the molecule is N#Cc1nc(-c2c(F)cccc2F)oc1Nc1ccc(C(=O)O)cc1. The van der Waals surface area contributed by atoms with Gasteiger partial charge < -0.3 is 14.8 Å². The molecule has 0 atom stereocenters. The van der Waals surface area contributed by atoms with E-state index in [1.165, 1.54) is 30.3 Å². The minimum Gasteiger partial charge on any atom is -0.478 e. The molecule has 2 N–H and O–H groups in total. The van der Waals surface area contributed by atoms with Gasteiger partial charge in [0.05, 0.1) is 5.56 Å². The van der Waals surface area contributed by atoms with E-state index in [-0.39, 0.29) is 23.0 Å². The van der Waals surface area contributed by atoms with Gasteiger partial charge in [0.25, 0.3) is 0 Å². The number of aromatic carboxylic acids is 1. The Morgan fingerprint density at radius 2 is 1.80 bits per heavy atom. The van der Waals surface area contributed by atoms with Crippen molar-refractivity contribution in [2.24, 2.45) is 0 Å². The molecule has 0 aliphatic heterocycles. The first-order valence-electron chi connectivity index (χ1n) is 6.95. The van der Waals surface area contributed by atoms with Crippen LogP contribution in [0.25, 0.3) is 11.5 Å². The van der Waals surface area contributed by atoms with Crippen LogP contribution in [0.15, 0.2) is 46.9 Å². The molecule has 8 heteroatoms. The predicted molar refractivity (Wildman–Crippen MR) is 83.3 cm³/mol. The number of anilines is 2. The molecule has 0 saturated carbocycles. The minimum absolute atomic E-state index is 0.0812. The number of hydrogen-bond acceptors (Lipinski definition) is 5. The molecule has 0 unspecified atom stereocenters. The normalized spacial score (nSPS) is 10.3. The number of hydrogen-bond donors (Lipinski definition) is 2. The number of halogens is 2. The lowest BCUT2D eigenvalue weighted by Crippen LogP contribution is -1.96. The maximum Gasteiger partial charge on any atom is 0.335 e. The summed E-state index contributed by atoms with van der Waals surface area (Å²) in [6.07, 6.45) is 0. The van der Waals surface area contributed by atoms with Crippen molar-refractivity contribution in [1.29, 1.82) is 5.26 Å². The molecule has 2 aromatic carbocycles. The molecule has 3 aromatic rings. The van der Waals surface area contributed by atoms with Crippen molar-refractivity contribution in [3.63, 3.8) is 0 Å². The van der Waals surface area contributed by atoms with Crippen LogP contribution in [0.2, 0.25) is 0 Å². The number of nitriles is 1. The standard InChI is InChI=1S/C17H9F2N3O3/c18-11-2-1-3-12(19)14(11)16-22-13(8-20)15(25-16)21-10-6-4-9(5-7-10)17(23)24/h1-7,21H,(H,23,24). The van der Waals surface area contributed by atoms with Crippen LogP contribution in [0.3, 0.4) is 0 Å². The molecule has 0 saturated heterocycles. The van der Waals surface area contributed by atoms with E-state index < -0.39 is 23.2 Å². The Hall–Kier alpha value is -3.73. The smallest absolute Gasteiger partial charge is 0.335 e. The first-order chi connectivity index (χ1) is 12.0. The summed E-state index contributed by atoms with van der Waals surface area (Å²) < 4.78 is 33.0. The number of nitrogens with one attached hydrogen (secondary N) is 1. The number of carbonyl (C=O) groups is 1. The molecule has 0 spiro atoms. The Labute approximate surface area is 140 Å². The fourth-order valence-electron chi connectivity index (χ4n) is 2.12. The summed E-state index contributed by atoms with van der Waals surface area (Å²) in [6.45, 7) is 0. The van der Waals surface area contributed by atoms with Crippen molar-refractivity contribution in [2.75, 3.05) is 5.32 Å². The summed E-state index contributed by atoms with van der Waals surface area (Å²) in [6, 6.07) is 10.7. The van der Waals surface area contributed by atoms with Gasteiger partial charge in [-0.1, -0.05) is 6.07 Å². The van der Waals surface area contributed by atoms with Gasteiger partial charge in [-0.3, -0.25) is 0 Å². The van der Waals surface area contributed by atoms with Gasteiger partial charge in [-0.15, -0.1) is 0 Å². The lowest BCUT2D eigenvalue weighted by atomic mass is 10.2. The second-order valence-corrected chi connectivity index (χ2v) is 4.91. The third-order valence-corrected chi connectivity index (χ3v) is 3.30. The second-order valence-electron chi connectivity index (χ2n) is 4.91. The van der Waals surface area contributed by atoms with E-state index in [9.17, 15) is 13.6 Å². The van der Waals surface area contributed by atoms with Gasteiger partial charge in [-0.2, -0.15) is 10.2 Å². The number of nitrogens with zero attached hydrogens (tertiary/aromatic N) is 2. The molecule has 1 aromatic heterocycles. The Morgan fingerprint density at radius 3 is 2.36 bits per heavy atom. The molecule has 0 amide bonds. The summed E-state index contributed by atoms with van der Waals surface area (Å²) in [5.74, 6) is -3.31. The quantitative estimate of drug-likeness (QED) is 0.746. The Balaban J connectivity index is 1.96. The average molecular weight is 341 g/mol. The number of carboxylic acids is 1. The first kappa shape index (κ1) is 16.1. The molecule has 6 nitrogen and oxygen atoms in total. The molecule has 25 heavy (non-hydrogen) atoms. The van der Waals surface area contributed by atoms with Crippen molar-refractivity contribution in [3.05, 3.63) is 65.4 Å². The fourth-order valence-corrected chi connectivity index (χ4v) is 2.12. The van der Waals surface area contributed by atoms with E-state index in [0.29, 0.717) is 5.69 Å². The first-order valence-corrected chi connectivity index (χ1v) is 6.95. The Morgan fingerprint density at radius 1 is 1.16 bits per heavy atom. The summed E-state index contributed by atoms with van der Waals surface area (Å²) in [5.41, 5.74) is -0.177. The molecular weight excluding hydrogens is 332 g/mol. The van der Waals surface area contributed by atoms with Gasteiger partial charge in [0, 0.05) is 5.69 Å². The summed E-state index contributed by atoms with van der Waals surface area (Å²) in [4.78, 5) is 14.6. The highest BCUT2D eigenvalue weighted by Gasteiger charge is 2.20. The summed E-state index contributed by atoms with van der Waals surface area (Å²) in [5, 5.41) is 20.7. The lowest BCUT2D eigenvalue weighted by Gasteiger charge is -2.03. The number of aromatic nitrogens is 1. The molecule has 124 valence electrons. The van der Waals surface area contributed by atoms with Crippen molar-refractivity contribution < 1.29 is 23.1 Å². The van der Waals surface area contributed by atoms with E-state index in [1.807, 2.05) is 0 Å². The van der Waals surface area contributed by atoms with Crippen LogP contribution in [0.4, 0.5) is 20.4 Å². The molecule has 0 fully saturated rings. The highest BCUT2D eigenvalue weighted by atomic mass is 19.1. The number of oxazole rings is 1. The molecule has 0 aliphatic carbocycles. The molecule has 0 radical (unpaired) electrons. The van der Waals surface area contributed by atoms with Crippen molar-refractivity contribution >= 4 is 17.5 Å². The molecule has 0 aliphatic rings. The van der Waals surface area contributed by atoms with Gasteiger partial charge in [-0.25, -0.2) is 13.6 Å². The highest BCUT2D eigenvalue weighted by molar-refractivity contribution is 5.88. The van der Waals surface area contributed by atoms with Crippen LogP contribution in [0, 0.1) is 23.0 Å². The van der Waals surface area contributed by atoms with Crippen LogP contribution in [-0.2, 0) is 0 Å². The van der Waals surface area contributed by atoms with E-state index in [0.717, 1.165) is 12.1 Å². The predicted octanol–water partition coefficient (Wildman–Crippen LogP) is 3.93. The molecule has 3 rings (SSSR count). The molecular formula is C17H9F2N3O3. The summed E-state index contributed by atoms with van der Waals surface area (Å²) >= 11 is 0. The van der Waals surface area contributed by atoms with Crippen molar-refractivity contribution in [2.45, 2.75) is 0 Å². The molecule has 0 bridgehead atoms. The van der Waals surface area contributed by atoms with Crippen LogP contribution in [0.5, 0.6) is 0 Å². The van der Waals surface area contributed by atoms with Gasteiger partial charge in [0.1, 0.15) is 23.3 Å². The third-order valence-electron chi connectivity index (χ3n) is 3.30. The average Bonchev–Trinajstić information content (AvgIpc) is 2.97. The van der Waals surface area contributed by atoms with Crippen LogP contribution < -0.4 is 5.32 Å². The van der Waals surface area contributed by atoms with E-state index in [2.05, 4.69) is 10.3 Å². The zero-order chi connectivity index (χ0) is 18.0. The van der Waals surface area contributed by atoms with Crippen molar-refractivity contribution in [3.8, 4) is 17.5 Å². The van der Waals surface area contributed by atoms with E-state index in [4.69, 9.17) is 14.8 Å².